The molecule has 2 N–H and O–H groups in total. The summed E-state index contributed by atoms with van der Waals surface area (Å²) in [5.41, 5.74) is 5.84. The highest BCUT2D eigenvalue weighted by Crippen LogP contribution is 2.58. The van der Waals surface area contributed by atoms with Crippen LogP contribution in [0.3, 0.4) is 0 Å². The number of rotatable bonds is 14. The quantitative estimate of drug-likeness (QED) is 0.0853. The van der Waals surface area contributed by atoms with Crippen LogP contribution < -0.4 is 9.47 Å². The van der Waals surface area contributed by atoms with E-state index in [1.807, 2.05) is 48.5 Å². The monoisotopic (exact) mass is 734 g/mol. The van der Waals surface area contributed by atoms with Gasteiger partial charge in [0.1, 0.15) is 50.1 Å². The maximum absolute atomic E-state index is 11.8. The third-order valence-electron chi connectivity index (χ3n) is 9.83. The standard InChI is InChI=1S/C47H42O8/c1-3-13-45(50)54-29-31(48)27-52-43-25-11-17-35-37(43)19-9-23-41(35)47(39-21-7-5-15-33(39)34-16-6-8-22-40(34)47)42-24-10-20-38-36(42)18-12-26-44(38)53-28-32(49)30-55-46(51)14-4-2/h3-26,31-32,48-49H,27-30H2,1-2H3. The van der Waals surface area contributed by atoms with Gasteiger partial charge in [-0.05, 0) is 70.1 Å². The van der Waals surface area contributed by atoms with E-state index in [4.69, 9.17) is 18.9 Å². The van der Waals surface area contributed by atoms with E-state index in [2.05, 4.69) is 72.8 Å². The molecule has 8 nitrogen and oxygen atoms in total. The number of esters is 2. The van der Waals surface area contributed by atoms with Crippen LogP contribution in [0.25, 0.3) is 32.7 Å². The van der Waals surface area contributed by atoms with Crippen molar-refractivity contribution in [2.45, 2.75) is 31.5 Å². The zero-order valence-corrected chi connectivity index (χ0v) is 30.7. The molecule has 0 fully saturated rings. The van der Waals surface area contributed by atoms with Crippen LogP contribution in [0.2, 0.25) is 0 Å². The average Bonchev–Trinajstić information content (AvgIpc) is 3.51. The molecule has 0 radical (unpaired) electrons. The number of aliphatic hydroxyl groups excluding tert-OH is 2. The lowest BCUT2D eigenvalue weighted by Crippen LogP contribution is -2.29. The smallest absolute Gasteiger partial charge is 0.330 e. The van der Waals surface area contributed by atoms with Crippen LogP contribution in [-0.2, 0) is 24.5 Å². The SMILES string of the molecule is CC=CC(=O)OCC(O)COc1cccc2c(C3(c4cccc5c(OCC(O)COC(=O)C=CC)cccc45)c4ccccc4-c4ccccc43)cccc12. The molecule has 0 saturated carbocycles. The van der Waals surface area contributed by atoms with Gasteiger partial charge in [-0.3, -0.25) is 0 Å². The van der Waals surface area contributed by atoms with Crippen LogP contribution in [0.15, 0.2) is 146 Å². The van der Waals surface area contributed by atoms with Crippen molar-refractivity contribution < 1.29 is 38.7 Å². The molecule has 0 saturated heterocycles. The normalized spacial score (nSPS) is 14.1. The molecule has 0 bridgehead atoms. The molecule has 6 aromatic carbocycles. The van der Waals surface area contributed by atoms with Gasteiger partial charge in [0.15, 0.2) is 0 Å². The minimum atomic E-state index is -1.02. The number of carbonyl (C=O) groups excluding carboxylic acids is 2. The number of ether oxygens (including phenoxy) is 4. The predicted molar refractivity (Wildman–Crippen MR) is 213 cm³/mol. The van der Waals surface area contributed by atoms with E-state index < -0.39 is 29.6 Å². The van der Waals surface area contributed by atoms with Gasteiger partial charge < -0.3 is 29.2 Å². The highest BCUT2D eigenvalue weighted by molar-refractivity contribution is 6.01. The van der Waals surface area contributed by atoms with Gasteiger partial charge in [-0.25, -0.2) is 9.59 Å². The van der Waals surface area contributed by atoms with E-state index in [9.17, 15) is 19.8 Å². The summed E-state index contributed by atoms with van der Waals surface area (Å²) < 4.78 is 22.7. The zero-order valence-electron chi connectivity index (χ0n) is 30.7. The van der Waals surface area contributed by atoms with Crippen molar-refractivity contribution >= 4 is 33.5 Å². The van der Waals surface area contributed by atoms with E-state index in [1.165, 1.54) is 12.2 Å². The Balaban J connectivity index is 1.35. The largest absolute Gasteiger partial charge is 0.490 e. The number of fused-ring (bicyclic) bond motifs is 5. The Labute approximate surface area is 319 Å². The Hall–Kier alpha value is -6.22. The van der Waals surface area contributed by atoms with Gasteiger partial charge in [-0.15, -0.1) is 0 Å². The molecule has 1 aliphatic rings. The predicted octanol–water partition coefficient (Wildman–Crippen LogP) is 8.07. The second-order valence-electron chi connectivity index (χ2n) is 13.3. The first-order chi connectivity index (χ1) is 26.9. The molecule has 278 valence electrons. The van der Waals surface area contributed by atoms with Crippen LogP contribution in [-0.4, -0.2) is 60.8 Å². The Kier molecular flexibility index (Phi) is 11.1. The molecular formula is C47H42O8. The first kappa shape index (κ1) is 37.1. The van der Waals surface area contributed by atoms with Crippen molar-refractivity contribution in [1.29, 1.82) is 0 Å². The summed E-state index contributed by atoms with van der Waals surface area (Å²) in [5.74, 6) is 0.144. The highest BCUT2D eigenvalue weighted by atomic mass is 16.6. The molecule has 1 aliphatic carbocycles. The van der Waals surface area contributed by atoms with Crippen molar-refractivity contribution in [3.8, 4) is 22.6 Å². The van der Waals surface area contributed by atoms with E-state index >= 15 is 0 Å². The highest BCUT2D eigenvalue weighted by Gasteiger charge is 2.47. The molecule has 2 unspecified atom stereocenters. The van der Waals surface area contributed by atoms with E-state index in [1.54, 1.807) is 26.0 Å². The first-order valence-corrected chi connectivity index (χ1v) is 18.3. The fourth-order valence-electron chi connectivity index (χ4n) is 7.62. The number of aliphatic hydroxyl groups is 2. The molecule has 0 aromatic heterocycles. The Morgan fingerprint density at radius 3 is 1.33 bits per heavy atom. The lowest BCUT2D eigenvalue weighted by Gasteiger charge is -2.36. The summed E-state index contributed by atoms with van der Waals surface area (Å²) in [6.07, 6.45) is 3.73. The molecular weight excluding hydrogens is 693 g/mol. The maximum Gasteiger partial charge on any atom is 0.330 e. The molecule has 0 heterocycles. The molecule has 2 atom stereocenters. The van der Waals surface area contributed by atoms with Crippen molar-refractivity contribution in [3.63, 3.8) is 0 Å². The molecule has 7 rings (SSSR count). The Morgan fingerprint density at radius 1 is 0.509 bits per heavy atom. The van der Waals surface area contributed by atoms with Gasteiger partial charge >= 0.3 is 11.9 Å². The van der Waals surface area contributed by atoms with Crippen molar-refractivity contribution in [2.24, 2.45) is 0 Å². The van der Waals surface area contributed by atoms with Gasteiger partial charge in [-0.2, -0.15) is 0 Å². The third kappa shape index (κ3) is 7.22. The lowest BCUT2D eigenvalue weighted by molar-refractivity contribution is -0.142. The Bertz CT molecular complexity index is 2240. The van der Waals surface area contributed by atoms with Gasteiger partial charge in [0, 0.05) is 22.9 Å². The van der Waals surface area contributed by atoms with Gasteiger partial charge in [0.25, 0.3) is 0 Å². The number of hydrogen-bond acceptors (Lipinski definition) is 8. The molecule has 0 aliphatic heterocycles. The summed E-state index contributed by atoms with van der Waals surface area (Å²) in [6.45, 7) is 2.93. The molecule has 0 amide bonds. The summed E-state index contributed by atoms with van der Waals surface area (Å²) >= 11 is 0. The van der Waals surface area contributed by atoms with Crippen LogP contribution in [0, 0.1) is 0 Å². The molecule has 55 heavy (non-hydrogen) atoms. The van der Waals surface area contributed by atoms with Crippen molar-refractivity contribution in [1.82, 2.24) is 0 Å². The average molecular weight is 735 g/mol. The zero-order chi connectivity index (χ0) is 38.4. The van der Waals surface area contributed by atoms with Gasteiger partial charge in [0.05, 0.1) is 5.41 Å². The molecule has 6 aromatic rings. The fourth-order valence-corrected chi connectivity index (χ4v) is 7.62. The molecule has 0 spiro atoms. The van der Waals surface area contributed by atoms with Crippen LogP contribution in [0.4, 0.5) is 0 Å². The summed E-state index contributed by atoms with van der Waals surface area (Å²) in [4.78, 5) is 23.6. The molecule has 8 heteroatoms. The van der Waals surface area contributed by atoms with Crippen molar-refractivity contribution in [2.75, 3.05) is 26.4 Å². The van der Waals surface area contributed by atoms with E-state index in [0.29, 0.717) is 11.5 Å². The number of hydrogen-bond donors (Lipinski definition) is 2. The second kappa shape index (κ2) is 16.4. The van der Waals surface area contributed by atoms with Crippen LogP contribution in [0.1, 0.15) is 36.1 Å². The van der Waals surface area contributed by atoms with E-state index in [-0.39, 0.29) is 26.4 Å². The third-order valence-corrected chi connectivity index (χ3v) is 9.83. The lowest BCUT2D eigenvalue weighted by atomic mass is 9.65. The first-order valence-electron chi connectivity index (χ1n) is 18.3. The van der Waals surface area contributed by atoms with E-state index in [0.717, 1.165) is 54.9 Å². The number of allylic oxidation sites excluding steroid dienone is 2. The van der Waals surface area contributed by atoms with Crippen LogP contribution in [0.5, 0.6) is 11.5 Å². The number of benzene rings is 6. The summed E-state index contributed by atoms with van der Waals surface area (Å²) in [5, 5.41) is 24.9. The fraction of sp³-hybridized carbons (Fsp3) is 0.191. The van der Waals surface area contributed by atoms with Gasteiger partial charge in [0.2, 0.25) is 0 Å². The van der Waals surface area contributed by atoms with Crippen LogP contribution >= 0.6 is 0 Å². The summed E-state index contributed by atoms with van der Waals surface area (Å²) in [6, 6.07) is 41.3. The summed E-state index contributed by atoms with van der Waals surface area (Å²) in [7, 11) is 0. The second-order valence-corrected chi connectivity index (χ2v) is 13.3. The Morgan fingerprint density at radius 2 is 0.891 bits per heavy atom. The minimum Gasteiger partial charge on any atom is -0.490 e. The topological polar surface area (TPSA) is 112 Å². The maximum atomic E-state index is 11.8. The number of carbonyl (C=O) groups is 2. The van der Waals surface area contributed by atoms with Gasteiger partial charge in [-0.1, -0.05) is 121 Å². The van der Waals surface area contributed by atoms with Crippen molar-refractivity contribution in [3.05, 3.63) is 168 Å². The minimum absolute atomic E-state index is 0.0672.